The molecule has 7 heteroatoms. The molecular formula is C6H8GeO6. The third-order valence-electron chi connectivity index (χ3n) is 1.76. The standard InChI is InChI=1S/C6H8GeO6/c1-3-5(8)12-7(10-3)11-4(2)6(9)13-7/h3-4H,1-2H3/t3-,4-,7?/m0/s1. The molecule has 2 aliphatic heterocycles. The van der Waals surface area contributed by atoms with Crippen molar-refractivity contribution in [2.45, 2.75) is 26.1 Å². The van der Waals surface area contributed by atoms with Crippen LogP contribution in [0.25, 0.3) is 0 Å². The normalized spacial score (nSPS) is 36.5. The summed E-state index contributed by atoms with van der Waals surface area (Å²) >= 11 is -3.94. The van der Waals surface area contributed by atoms with Gasteiger partial charge in [-0.25, -0.2) is 0 Å². The van der Waals surface area contributed by atoms with Gasteiger partial charge in [-0.15, -0.1) is 0 Å². The van der Waals surface area contributed by atoms with Gasteiger partial charge in [0.25, 0.3) is 0 Å². The van der Waals surface area contributed by atoms with E-state index >= 15 is 0 Å². The summed E-state index contributed by atoms with van der Waals surface area (Å²) in [5.41, 5.74) is 0. The third kappa shape index (κ3) is 1.34. The maximum absolute atomic E-state index is 11.0. The Hall–Kier alpha value is -0.597. The Morgan fingerprint density at radius 1 is 1.00 bits per heavy atom. The van der Waals surface area contributed by atoms with Crippen LogP contribution in [-0.4, -0.2) is 38.8 Å². The fourth-order valence-corrected chi connectivity index (χ4v) is 5.65. The quantitative estimate of drug-likeness (QED) is 0.531. The molecule has 0 N–H and O–H groups in total. The average Bonchev–Trinajstić information content (AvgIpc) is 2.39. The minimum absolute atomic E-state index is 0.526. The van der Waals surface area contributed by atoms with Crippen LogP contribution in [0.4, 0.5) is 0 Å². The fraction of sp³-hybridized carbons (Fsp3) is 0.667. The average molecular weight is 249 g/mol. The van der Waals surface area contributed by atoms with E-state index in [1.165, 1.54) is 13.8 Å². The Morgan fingerprint density at radius 2 is 1.38 bits per heavy atom. The van der Waals surface area contributed by atoms with E-state index in [1.807, 2.05) is 0 Å². The van der Waals surface area contributed by atoms with Crippen LogP contribution in [-0.2, 0) is 24.6 Å². The molecule has 0 aromatic heterocycles. The second-order valence-corrected chi connectivity index (χ2v) is 6.81. The molecule has 2 fully saturated rings. The van der Waals surface area contributed by atoms with Crippen LogP contribution in [0, 0.1) is 0 Å². The predicted molar refractivity (Wildman–Crippen MR) is 39.0 cm³/mol. The van der Waals surface area contributed by atoms with Crippen LogP contribution in [0.5, 0.6) is 0 Å². The summed E-state index contributed by atoms with van der Waals surface area (Å²) < 4.78 is 19.9. The van der Waals surface area contributed by atoms with Crippen molar-refractivity contribution in [2.75, 3.05) is 0 Å². The van der Waals surface area contributed by atoms with E-state index in [2.05, 4.69) is 0 Å². The van der Waals surface area contributed by atoms with Gasteiger partial charge in [0.15, 0.2) is 0 Å². The number of hydrogen-bond acceptors (Lipinski definition) is 6. The Bertz CT molecular complexity index is 248. The molecule has 72 valence electrons. The number of carbonyl (C=O) groups is 2. The van der Waals surface area contributed by atoms with Crippen molar-refractivity contribution in [3.63, 3.8) is 0 Å². The predicted octanol–water partition coefficient (Wildman–Crippen LogP) is -0.654. The third-order valence-corrected chi connectivity index (χ3v) is 6.35. The Labute approximate surface area is 77.8 Å². The molecule has 0 radical (unpaired) electrons. The molecule has 13 heavy (non-hydrogen) atoms. The van der Waals surface area contributed by atoms with Gasteiger partial charge < -0.3 is 0 Å². The molecule has 0 aromatic rings. The number of hydrogen-bond donors (Lipinski definition) is 0. The second-order valence-electron chi connectivity index (χ2n) is 2.86. The molecule has 2 rings (SSSR count). The van der Waals surface area contributed by atoms with Crippen molar-refractivity contribution in [3.05, 3.63) is 0 Å². The van der Waals surface area contributed by atoms with E-state index < -0.39 is 38.8 Å². The van der Waals surface area contributed by atoms with Gasteiger partial charge in [-0.1, -0.05) is 0 Å². The second kappa shape index (κ2) is 2.69. The fourth-order valence-electron chi connectivity index (χ4n) is 1.09. The van der Waals surface area contributed by atoms with E-state index in [1.54, 1.807) is 0 Å². The molecule has 2 saturated heterocycles. The molecule has 0 amide bonds. The molecule has 6 nitrogen and oxygen atoms in total. The van der Waals surface area contributed by atoms with Gasteiger partial charge in [0, 0.05) is 0 Å². The molecule has 2 aliphatic rings. The van der Waals surface area contributed by atoms with Crippen molar-refractivity contribution in [1.82, 2.24) is 0 Å². The number of carbonyl (C=O) groups excluding carboxylic acids is 2. The molecule has 0 bridgehead atoms. The van der Waals surface area contributed by atoms with Crippen LogP contribution < -0.4 is 0 Å². The van der Waals surface area contributed by atoms with Crippen molar-refractivity contribution in [3.8, 4) is 0 Å². The molecular weight excluding hydrogens is 241 g/mol. The minimum atomic E-state index is -3.94. The first-order valence-corrected chi connectivity index (χ1v) is 7.26. The monoisotopic (exact) mass is 250 g/mol. The summed E-state index contributed by atoms with van der Waals surface area (Å²) in [5, 5.41) is 0. The Morgan fingerprint density at radius 3 is 1.62 bits per heavy atom. The van der Waals surface area contributed by atoms with Gasteiger partial charge in [0.1, 0.15) is 0 Å². The van der Waals surface area contributed by atoms with Gasteiger partial charge >= 0.3 is 77.3 Å². The molecule has 0 aromatic carbocycles. The summed E-state index contributed by atoms with van der Waals surface area (Å²) in [4.78, 5) is 22.0. The van der Waals surface area contributed by atoms with E-state index in [-0.39, 0.29) is 0 Å². The topological polar surface area (TPSA) is 71.1 Å². The van der Waals surface area contributed by atoms with Gasteiger partial charge in [-0.3, -0.25) is 0 Å². The molecule has 2 atom stereocenters. The van der Waals surface area contributed by atoms with Crippen molar-refractivity contribution < 1.29 is 24.6 Å². The van der Waals surface area contributed by atoms with Crippen LogP contribution in [0.2, 0.25) is 0 Å². The van der Waals surface area contributed by atoms with Crippen LogP contribution in [0.3, 0.4) is 0 Å². The molecule has 0 unspecified atom stereocenters. The first-order chi connectivity index (χ1) is 6.02. The van der Waals surface area contributed by atoms with Gasteiger partial charge in [0.2, 0.25) is 0 Å². The van der Waals surface area contributed by atoms with Crippen molar-refractivity contribution in [2.24, 2.45) is 0 Å². The molecule has 0 saturated carbocycles. The summed E-state index contributed by atoms with van der Waals surface area (Å²) in [6.45, 7) is 3.06. The van der Waals surface area contributed by atoms with Crippen LogP contribution in [0.15, 0.2) is 0 Å². The van der Waals surface area contributed by atoms with Crippen molar-refractivity contribution in [1.29, 1.82) is 0 Å². The van der Waals surface area contributed by atoms with E-state index in [4.69, 9.17) is 15.1 Å². The van der Waals surface area contributed by atoms with Crippen LogP contribution >= 0.6 is 0 Å². The summed E-state index contributed by atoms with van der Waals surface area (Å²) in [7, 11) is 0. The maximum atomic E-state index is 11.0. The zero-order valence-electron chi connectivity index (χ0n) is 7.10. The summed E-state index contributed by atoms with van der Waals surface area (Å²) in [6, 6.07) is 0. The van der Waals surface area contributed by atoms with E-state index in [0.717, 1.165) is 0 Å². The Balaban J connectivity index is 2.17. The van der Waals surface area contributed by atoms with Gasteiger partial charge in [-0.05, 0) is 0 Å². The zero-order chi connectivity index (χ0) is 9.64. The molecule has 0 aliphatic carbocycles. The Kier molecular flexibility index (Phi) is 1.86. The van der Waals surface area contributed by atoms with E-state index in [9.17, 15) is 9.59 Å². The van der Waals surface area contributed by atoms with Gasteiger partial charge in [0.05, 0.1) is 0 Å². The zero-order valence-corrected chi connectivity index (χ0v) is 9.20. The van der Waals surface area contributed by atoms with E-state index in [0.29, 0.717) is 0 Å². The van der Waals surface area contributed by atoms with Gasteiger partial charge in [-0.2, -0.15) is 0 Å². The SMILES string of the molecule is C[C@@H]1[O][Ge]2([O]C1=O)[O]C(=O)[C@H](C)[O]2. The summed E-state index contributed by atoms with van der Waals surface area (Å²) in [6.07, 6.45) is -1.39. The van der Waals surface area contributed by atoms with Crippen LogP contribution in [0.1, 0.15) is 13.8 Å². The first kappa shape index (κ1) is 8.98. The molecule has 2 heterocycles. The number of rotatable bonds is 0. The first-order valence-electron chi connectivity index (χ1n) is 3.84. The van der Waals surface area contributed by atoms with Crippen molar-refractivity contribution >= 4 is 26.6 Å². The molecule has 1 spiro atoms. The summed E-state index contributed by atoms with van der Waals surface area (Å²) in [5.74, 6) is -1.05.